The Balaban J connectivity index is 2.16. The molecule has 0 amide bonds. The summed E-state index contributed by atoms with van der Waals surface area (Å²) in [6, 6.07) is 6.13. The molecule has 26 heavy (non-hydrogen) atoms. The van der Waals surface area contributed by atoms with Gasteiger partial charge in [-0.15, -0.1) is 0 Å². The fraction of sp³-hybridized carbons (Fsp3) is 0.267. The Morgan fingerprint density at radius 1 is 1.08 bits per heavy atom. The second-order valence-corrected chi connectivity index (χ2v) is 8.83. The Labute approximate surface area is 151 Å². The van der Waals surface area contributed by atoms with Crippen molar-refractivity contribution >= 4 is 26.0 Å². The third-order valence-corrected chi connectivity index (χ3v) is 6.37. The first kappa shape index (κ1) is 20.1. The van der Waals surface area contributed by atoms with E-state index in [1.54, 1.807) is 6.92 Å². The van der Waals surface area contributed by atoms with E-state index in [0.717, 1.165) is 0 Å². The van der Waals surface area contributed by atoms with Crippen molar-refractivity contribution in [1.29, 1.82) is 0 Å². The maximum atomic E-state index is 12.3. The van der Waals surface area contributed by atoms with Crippen LogP contribution < -0.4 is 9.44 Å². The average molecular weight is 402 g/mol. The fourth-order valence-electron chi connectivity index (χ4n) is 2.11. The molecule has 0 radical (unpaired) electrons. The second-order valence-electron chi connectivity index (χ2n) is 5.18. The van der Waals surface area contributed by atoms with Crippen LogP contribution in [0.3, 0.4) is 0 Å². The molecule has 0 atom stereocenters. The number of benzene rings is 1. The van der Waals surface area contributed by atoms with Gasteiger partial charge in [-0.05, 0) is 44.3 Å². The first-order chi connectivity index (χ1) is 12.1. The number of ether oxygens (including phenoxy) is 1. The van der Waals surface area contributed by atoms with Crippen LogP contribution in [0.25, 0.3) is 0 Å². The molecule has 0 aliphatic carbocycles. The summed E-state index contributed by atoms with van der Waals surface area (Å²) in [6.45, 7) is 1.38. The number of aryl methyl sites for hydroxylation is 1. The van der Waals surface area contributed by atoms with E-state index in [2.05, 4.69) is 14.2 Å². The van der Waals surface area contributed by atoms with Gasteiger partial charge in [0.05, 0.1) is 23.4 Å². The molecule has 0 bridgehead atoms. The standard InChI is InChI=1S/C15H18N2O7S2/c1-10-14(15(18)23-3)8-11(24-10)9-17-26(21,22)13-6-4-12(5-7-13)25(19,20)16-2/h4-8,16-17H,9H2,1-3H3. The SMILES string of the molecule is CNS(=O)(=O)c1ccc(S(=O)(=O)NCc2cc(C(=O)OC)c(C)o2)cc1. The van der Waals surface area contributed by atoms with Gasteiger partial charge in [-0.25, -0.2) is 31.1 Å². The van der Waals surface area contributed by atoms with Crippen LogP contribution in [-0.4, -0.2) is 37.0 Å². The summed E-state index contributed by atoms with van der Waals surface area (Å²) in [5.41, 5.74) is 0.211. The van der Waals surface area contributed by atoms with Crippen molar-refractivity contribution < 1.29 is 30.8 Å². The molecule has 0 aliphatic rings. The zero-order valence-corrected chi connectivity index (χ0v) is 15.9. The summed E-state index contributed by atoms with van der Waals surface area (Å²) in [5.74, 6) is -0.0322. The van der Waals surface area contributed by atoms with Gasteiger partial charge in [0.2, 0.25) is 20.0 Å². The highest BCUT2D eigenvalue weighted by Crippen LogP contribution is 2.17. The van der Waals surface area contributed by atoms with E-state index in [-0.39, 0.29) is 27.7 Å². The van der Waals surface area contributed by atoms with E-state index < -0.39 is 26.0 Å². The molecular formula is C15H18N2O7S2. The van der Waals surface area contributed by atoms with E-state index in [4.69, 9.17) is 4.42 Å². The van der Waals surface area contributed by atoms with Gasteiger partial charge in [-0.1, -0.05) is 0 Å². The minimum Gasteiger partial charge on any atom is -0.465 e. The van der Waals surface area contributed by atoms with Crippen molar-refractivity contribution in [2.45, 2.75) is 23.3 Å². The maximum absolute atomic E-state index is 12.3. The van der Waals surface area contributed by atoms with Crippen molar-refractivity contribution in [2.24, 2.45) is 0 Å². The Hall–Kier alpha value is -2.21. The third kappa shape index (κ3) is 4.30. The van der Waals surface area contributed by atoms with Gasteiger partial charge in [-0.3, -0.25) is 0 Å². The molecule has 1 heterocycles. The minimum absolute atomic E-state index is 0.0525. The Bertz CT molecular complexity index is 1010. The fourth-order valence-corrected chi connectivity index (χ4v) is 3.83. The van der Waals surface area contributed by atoms with Crippen LogP contribution in [0.5, 0.6) is 0 Å². The molecule has 2 aromatic rings. The highest BCUT2D eigenvalue weighted by molar-refractivity contribution is 7.90. The number of carbonyl (C=O) groups is 1. The molecule has 0 fully saturated rings. The molecule has 2 N–H and O–H groups in total. The highest BCUT2D eigenvalue weighted by Gasteiger charge is 2.19. The van der Waals surface area contributed by atoms with Gasteiger partial charge in [0, 0.05) is 0 Å². The first-order valence-electron chi connectivity index (χ1n) is 7.31. The molecule has 9 nitrogen and oxygen atoms in total. The number of esters is 1. The van der Waals surface area contributed by atoms with Gasteiger partial charge in [0.15, 0.2) is 0 Å². The molecule has 0 saturated heterocycles. The molecule has 1 aromatic carbocycles. The van der Waals surface area contributed by atoms with E-state index in [1.807, 2.05) is 0 Å². The van der Waals surface area contributed by atoms with Crippen molar-refractivity contribution in [3.63, 3.8) is 0 Å². The lowest BCUT2D eigenvalue weighted by atomic mass is 10.2. The number of hydrogen-bond donors (Lipinski definition) is 2. The number of furan rings is 1. The minimum atomic E-state index is -3.90. The lowest BCUT2D eigenvalue weighted by molar-refractivity contribution is 0.0598. The molecule has 0 saturated carbocycles. The molecular weight excluding hydrogens is 384 g/mol. The zero-order chi connectivity index (χ0) is 19.5. The zero-order valence-electron chi connectivity index (χ0n) is 14.3. The predicted octanol–water partition coefficient (Wildman–Crippen LogP) is 0.761. The van der Waals surface area contributed by atoms with Crippen LogP contribution >= 0.6 is 0 Å². The normalized spacial score (nSPS) is 12.1. The topological polar surface area (TPSA) is 132 Å². The Kier molecular flexibility index (Phi) is 5.86. The van der Waals surface area contributed by atoms with Crippen molar-refractivity contribution in [2.75, 3.05) is 14.2 Å². The van der Waals surface area contributed by atoms with Crippen LogP contribution in [0.2, 0.25) is 0 Å². The summed E-state index contributed by atoms with van der Waals surface area (Å²) in [5, 5.41) is 0. The monoisotopic (exact) mass is 402 g/mol. The molecule has 1 aromatic heterocycles. The average Bonchev–Trinajstić information content (AvgIpc) is 3.00. The van der Waals surface area contributed by atoms with Gasteiger partial charge in [-0.2, -0.15) is 0 Å². The van der Waals surface area contributed by atoms with E-state index >= 15 is 0 Å². The van der Waals surface area contributed by atoms with Crippen molar-refractivity contribution in [3.8, 4) is 0 Å². The Morgan fingerprint density at radius 2 is 1.62 bits per heavy atom. The van der Waals surface area contributed by atoms with Crippen LogP contribution in [0.4, 0.5) is 0 Å². The van der Waals surface area contributed by atoms with E-state index in [0.29, 0.717) is 5.76 Å². The quantitative estimate of drug-likeness (QED) is 0.654. The summed E-state index contributed by atoms with van der Waals surface area (Å²) in [7, 11) is -5.06. The van der Waals surface area contributed by atoms with Crippen LogP contribution in [0.15, 0.2) is 44.5 Å². The molecule has 11 heteroatoms. The smallest absolute Gasteiger partial charge is 0.341 e. The molecule has 0 spiro atoms. The van der Waals surface area contributed by atoms with Crippen molar-refractivity contribution in [1.82, 2.24) is 9.44 Å². The number of carbonyl (C=O) groups excluding carboxylic acids is 1. The number of hydrogen-bond acceptors (Lipinski definition) is 7. The van der Waals surface area contributed by atoms with Gasteiger partial charge < -0.3 is 9.15 Å². The van der Waals surface area contributed by atoms with Crippen LogP contribution in [0.1, 0.15) is 21.9 Å². The van der Waals surface area contributed by atoms with Gasteiger partial charge >= 0.3 is 5.97 Å². The number of rotatable bonds is 7. The number of nitrogens with one attached hydrogen (secondary N) is 2. The number of sulfonamides is 2. The van der Waals surface area contributed by atoms with E-state index in [1.165, 1.54) is 44.5 Å². The summed E-state index contributed by atoms with van der Waals surface area (Å²) >= 11 is 0. The summed E-state index contributed by atoms with van der Waals surface area (Å²) in [6.07, 6.45) is 0. The van der Waals surface area contributed by atoms with Gasteiger partial charge in [0.25, 0.3) is 0 Å². The molecule has 0 unspecified atom stereocenters. The highest BCUT2D eigenvalue weighted by atomic mass is 32.2. The summed E-state index contributed by atoms with van der Waals surface area (Å²) in [4.78, 5) is 11.4. The lowest BCUT2D eigenvalue weighted by Crippen LogP contribution is -2.23. The van der Waals surface area contributed by atoms with Crippen molar-refractivity contribution in [3.05, 3.63) is 47.4 Å². The lowest BCUT2D eigenvalue weighted by Gasteiger charge is -2.07. The first-order valence-corrected chi connectivity index (χ1v) is 10.3. The van der Waals surface area contributed by atoms with Crippen LogP contribution in [0, 0.1) is 6.92 Å². The molecule has 2 rings (SSSR count). The predicted molar refractivity (Wildman–Crippen MR) is 91.5 cm³/mol. The molecule has 0 aliphatic heterocycles. The summed E-state index contributed by atoms with van der Waals surface area (Å²) < 4.78 is 62.3. The number of methoxy groups -OCH3 is 1. The molecule has 142 valence electrons. The van der Waals surface area contributed by atoms with E-state index in [9.17, 15) is 21.6 Å². The maximum Gasteiger partial charge on any atom is 0.341 e. The second kappa shape index (κ2) is 7.58. The third-order valence-electron chi connectivity index (χ3n) is 3.52. The Morgan fingerprint density at radius 3 is 2.12 bits per heavy atom. The van der Waals surface area contributed by atoms with Gasteiger partial charge in [0.1, 0.15) is 17.1 Å². The van der Waals surface area contributed by atoms with Crippen LogP contribution in [-0.2, 0) is 31.3 Å². The largest absolute Gasteiger partial charge is 0.465 e.